The van der Waals surface area contributed by atoms with E-state index in [-0.39, 0.29) is 18.3 Å². The summed E-state index contributed by atoms with van der Waals surface area (Å²) < 4.78 is 10.7. The molecule has 1 aliphatic carbocycles. The number of nitrogens with zero attached hydrogens (tertiary/aromatic N) is 2. The van der Waals surface area contributed by atoms with E-state index < -0.39 is 18.1 Å². The third kappa shape index (κ3) is 5.08. The Hall–Kier alpha value is -3.63. The van der Waals surface area contributed by atoms with Crippen LogP contribution in [0.25, 0.3) is 22.6 Å². The van der Waals surface area contributed by atoms with Gasteiger partial charge in [0.25, 0.3) is 5.89 Å². The average molecular weight is 508 g/mol. The first-order valence-electron chi connectivity index (χ1n) is 10.9. The molecule has 0 bridgehead atoms. The maximum atomic E-state index is 12.5. The predicted molar refractivity (Wildman–Crippen MR) is 133 cm³/mol. The van der Waals surface area contributed by atoms with Gasteiger partial charge in [-0.15, -0.1) is 0 Å². The number of hydrogen-bond acceptors (Lipinski definition) is 8. The molecule has 0 saturated heterocycles. The number of thiophene rings is 1. The van der Waals surface area contributed by atoms with Crippen LogP contribution in [0.1, 0.15) is 22.9 Å². The normalized spacial score (nSPS) is 13.1. The number of nitrogens with one attached hydrogen (secondary N) is 1. The van der Waals surface area contributed by atoms with Crippen molar-refractivity contribution in [3.05, 3.63) is 82.3 Å². The van der Waals surface area contributed by atoms with E-state index in [0.717, 1.165) is 27.8 Å². The number of carboxylic acids is 1. The van der Waals surface area contributed by atoms with Crippen molar-refractivity contribution in [1.82, 2.24) is 15.5 Å². The summed E-state index contributed by atoms with van der Waals surface area (Å²) in [5.74, 6) is 0.125. The molecule has 0 radical (unpaired) electrons. The summed E-state index contributed by atoms with van der Waals surface area (Å²) in [7, 11) is 0. The van der Waals surface area contributed by atoms with Gasteiger partial charge in [0, 0.05) is 17.1 Å². The van der Waals surface area contributed by atoms with Crippen molar-refractivity contribution in [3.8, 4) is 22.6 Å². The van der Waals surface area contributed by atoms with Gasteiger partial charge in [-0.2, -0.15) is 28.1 Å². The second-order valence-electron chi connectivity index (χ2n) is 7.90. The van der Waals surface area contributed by atoms with Crippen LogP contribution in [-0.4, -0.2) is 45.7 Å². The topological polar surface area (TPSA) is 115 Å². The molecule has 4 aromatic rings. The molecule has 10 heteroatoms. The molecule has 5 rings (SSSR count). The number of rotatable bonds is 9. The van der Waals surface area contributed by atoms with Crippen molar-refractivity contribution in [3.63, 3.8) is 0 Å². The van der Waals surface area contributed by atoms with Gasteiger partial charge in [0.05, 0.1) is 11.3 Å². The Morgan fingerprint density at radius 2 is 1.83 bits per heavy atom. The molecule has 2 aromatic heterocycles. The Kier molecular flexibility index (Phi) is 6.82. The number of thioether (sulfide) groups is 1. The number of fused-ring (bicyclic) bond motifs is 3. The highest BCUT2D eigenvalue weighted by molar-refractivity contribution is 7.98. The largest absolute Gasteiger partial charge is 0.480 e. The Balaban J connectivity index is 1.15. The lowest BCUT2D eigenvalue weighted by Crippen LogP contribution is -2.43. The van der Waals surface area contributed by atoms with Crippen LogP contribution in [0.4, 0.5) is 4.79 Å². The first-order valence-corrected chi connectivity index (χ1v) is 13.0. The standard InChI is InChI=1S/C25H21N3O5S2/c29-24(30)21(13-35-14-22-27-23(33-28-22)15-9-10-34-12-15)26-25(31)32-11-20-18-7-3-1-5-16(18)17-6-2-4-8-19(17)20/h1-10,12,20-21H,11,13-14H2,(H,26,31)(H,29,30). The Morgan fingerprint density at radius 1 is 1.11 bits per heavy atom. The molecule has 2 aromatic carbocycles. The third-order valence-electron chi connectivity index (χ3n) is 5.69. The Labute approximate surface area is 209 Å². The van der Waals surface area contributed by atoms with Crippen LogP contribution in [0, 0.1) is 0 Å². The molecule has 1 aliphatic rings. The monoisotopic (exact) mass is 507 g/mol. The van der Waals surface area contributed by atoms with E-state index in [1.807, 2.05) is 53.2 Å². The van der Waals surface area contributed by atoms with Gasteiger partial charge in [0.1, 0.15) is 12.6 Å². The maximum absolute atomic E-state index is 12.5. The molecular weight excluding hydrogens is 486 g/mol. The van der Waals surface area contributed by atoms with Gasteiger partial charge in [0.2, 0.25) is 0 Å². The van der Waals surface area contributed by atoms with Gasteiger partial charge in [-0.25, -0.2) is 9.59 Å². The number of carbonyl (C=O) groups is 2. The summed E-state index contributed by atoms with van der Waals surface area (Å²) in [5, 5.41) is 19.8. The van der Waals surface area contributed by atoms with E-state index in [1.54, 1.807) is 0 Å². The van der Waals surface area contributed by atoms with E-state index in [0.29, 0.717) is 17.5 Å². The van der Waals surface area contributed by atoms with E-state index in [4.69, 9.17) is 9.26 Å². The van der Waals surface area contributed by atoms with Crippen LogP contribution < -0.4 is 5.32 Å². The summed E-state index contributed by atoms with van der Waals surface area (Å²) >= 11 is 2.82. The van der Waals surface area contributed by atoms with Gasteiger partial charge in [-0.1, -0.05) is 53.7 Å². The number of alkyl carbamates (subject to hydrolysis) is 1. The second-order valence-corrected chi connectivity index (χ2v) is 9.71. The zero-order valence-electron chi connectivity index (χ0n) is 18.4. The molecule has 0 saturated carbocycles. The lowest BCUT2D eigenvalue weighted by Gasteiger charge is -2.17. The number of ether oxygens (including phenoxy) is 1. The first kappa shape index (κ1) is 23.1. The molecule has 0 spiro atoms. The molecular formula is C25H21N3O5S2. The van der Waals surface area contributed by atoms with Gasteiger partial charge in [-0.3, -0.25) is 0 Å². The number of carbonyl (C=O) groups excluding carboxylic acids is 1. The summed E-state index contributed by atoms with van der Waals surface area (Å²) in [5.41, 5.74) is 5.28. The minimum Gasteiger partial charge on any atom is -0.480 e. The summed E-state index contributed by atoms with van der Waals surface area (Å²) in [4.78, 5) is 28.5. The van der Waals surface area contributed by atoms with Crippen LogP contribution in [0.5, 0.6) is 0 Å². The molecule has 35 heavy (non-hydrogen) atoms. The lowest BCUT2D eigenvalue weighted by molar-refractivity contribution is -0.138. The van der Waals surface area contributed by atoms with Crippen molar-refractivity contribution in [2.45, 2.75) is 17.7 Å². The molecule has 178 valence electrons. The fraction of sp³-hybridized carbons (Fsp3) is 0.200. The van der Waals surface area contributed by atoms with Crippen LogP contribution >= 0.6 is 23.1 Å². The zero-order chi connectivity index (χ0) is 24.2. The van der Waals surface area contributed by atoms with Crippen molar-refractivity contribution >= 4 is 35.2 Å². The smallest absolute Gasteiger partial charge is 0.407 e. The Bertz CT molecular complexity index is 1290. The zero-order valence-corrected chi connectivity index (χ0v) is 20.1. The highest BCUT2D eigenvalue weighted by Crippen LogP contribution is 2.44. The number of amides is 1. The number of aromatic nitrogens is 2. The van der Waals surface area contributed by atoms with Gasteiger partial charge in [0.15, 0.2) is 5.82 Å². The maximum Gasteiger partial charge on any atom is 0.407 e. The van der Waals surface area contributed by atoms with Gasteiger partial charge < -0.3 is 19.7 Å². The molecule has 1 amide bonds. The highest BCUT2D eigenvalue weighted by Gasteiger charge is 2.29. The van der Waals surface area contributed by atoms with Crippen LogP contribution in [0.3, 0.4) is 0 Å². The van der Waals surface area contributed by atoms with Crippen molar-refractivity contribution in [2.75, 3.05) is 12.4 Å². The summed E-state index contributed by atoms with van der Waals surface area (Å²) in [6.45, 7) is 0.119. The van der Waals surface area contributed by atoms with Gasteiger partial charge in [-0.05, 0) is 33.7 Å². The molecule has 2 heterocycles. The van der Waals surface area contributed by atoms with E-state index in [1.165, 1.54) is 23.1 Å². The van der Waals surface area contributed by atoms with E-state index in [9.17, 15) is 14.7 Å². The Morgan fingerprint density at radius 3 is 2.49 bits per heavy atom. The average Bonchev–Trinajstić information content (AvgIpc) is 3.61. The summed E-state index contributed by atoms with van der Waals surface area (Å²) in [6.07, 6.45) is -0.765. The van der Waals surface area contributed by atoms with E-state index >= 15 is 0 Å². The molecule has 2 N–H and O–H groups in total. The molecule has 1 unspecified atom stereocenters. The summed E-state index contributed by atoms with van der Waals surface area (Å²) in [6, 6.07) is 16.8. The van der Waals surface area contributed by atoms with Crippen LogP contribution in [0.15, 0.2) is 69.9 Å². The highest BCUT2D eigenvalue weighted by atomic mass is 32.2. The van der Waals surface area contributed by atoms with Crippen molar-refractivity contribution in [1.29, 1.82) is 0 Å². The van der Waals surface area contributed by atoms with E-state index in [2.05, 4.69) is 27.6 Å². The molecule has 1 atom stereocenters. The minimum absolute atomic E-state index is 0.0959. The van der Waals surface area contributed by atoms with Crippen LogP contribution in [-0.2, 0) is 15.3 Å². The van der Waals surface area contributed by atoms with Gasteiger partial charge >= 0.3 is 12.1 Å². The molecule has 0 aliphatic heterocycles. The lowest BCUT2D eigenvalue weighted by atomic mass is 9.98. The number of carboxylic acid groups (broad SMARTS) is 1. The molecule has 0 fully saturated rings. The first-order chi connectivity index (χ1) is 17.1. The fourth-order valence-corrected chi connectivity index (χ4v) is 5.55. The SMILES string of the molecule is O=C(NC(CSCc1noc(-c2ccsc2)n1)C(=O)O)OCC1c2ccccc2-c2ccccc21. The number of aliphatic carboxylic acids is 1. The predicted octanol–water partition coefficient (Wildman–Crippen LogP) is 5.02. The minimum atomic E-state index is -1.14. The second kappa shape index (κ2) is 10.3. The van der Waals surface area contributed by atoms with Crippen molar-refractivity contribution < 1.29 is 24.0 Å². The van der Waals surface area contributed by atoms with Crippen molar-refractivity contribution in [2.24, 2.45) is 0 Å². The number of benzene rings is 2. The van der Waals surface area contributed by atoms with Crippen LogP contribution in [0.2, 0.25) is 0 Å². The molecule has 8 nitrogen and oxygen atoms in total. The number of hydrogen-bond donors (Lipinski definition) is 2. The fourth-order valence-electron chi connectivity index (χ4n) is 4.04. The quantitative estimate of drug-likeness (QED) is 0.324. The third-order valence-corrected chi connectivity index (χ3v) is 7.40.